The maximum Gasteiger partial charge on any atom is 0.433 e. The number of carbonyl (C=O) groups excluding carboxylic acids is 2. The fourth-order valence-electron chi connectivity index (χ4n) is 6.58. The number of anilines is 1. The summed E-state index contributed by atoms with van der Waals surface area (Å²) in [4.78, 5) is 43.8. The van der Waals surface area contributed by atoms with E-state index in [9.17, 15) is 22.8 Å². The SMILES string of the molecule is Cc1nc(CC(N)=O)nc(C)c1-c1cc(F)c(COC2CC2)c(N2CC[C@H](C(=O)N=C(N)c3ccc(C(F)(F)F)nc3C3CC3)CC2C)c1. The van der Waals surface area contributed by atoms with Crippen molar-refractivity contribution in [1.82, 2.24) is 15.0 Å². The van der Waals surface area contributed by atoms with E-state index in [1.165, 1.54) is 12.1 Å². The molecule has 3 aromatic rings. The number of amides is 2. The van der Waals surface area contributed by atoms with Crippen LogP contribution in [0.3, 0.4) is 0 Å². The van der Waals surface area contributed by atoms with Crippen LogP contribution in [0.2, 0.25) is 0 Å². The van der Waals surface area contributed by atoms with Crippen molar-refractivity contribution in [1.29, 1.82) is 0 Å². The Bertz CT molecular complexity index is 1800. The van der Waals surface area contributed by atoms with E-state index in [0.29, 0.717) is 71.8 Å². The van der Waals surface area contributed by atoms with Crippen molar-refractivity contribution in [2.24, 2.45) is 22.4 Å². The third-order valence-corrected chi connectivity index (χ3v) is 9.32. The number of aromatic nitrogens is 3. The third kappa shape index (κ3) is 7.74. The predicted octanol–water partition coefficient (Wildman–Crippen LogP) is 5.43. The number of aryl methyl sites for hydroxylation is 2. The van der Waals surface area contributed by atoms with Gasteiger partial charge in [0.1, 0.15) is 23.2 Å². The van der Waals surface area contributed by atoms with Crippen molar-refractivity contribution in [2.45, 2.75) is 96.6 Å². The average molecular weight is 682 g/mol. The molecule has 3 heterocycles. The van der Waals surface area contributed by atoms with Gasteiger partial charge in [0.2, 0.25) is 5.91 Å². The molecule has 6 rings (SSSR count). The molecule has 0 radical (unpaired) electrons. The number of aliphatic imine (C=N–C) groups is 1. The first kappa shape index (κ1) is 34.4. The molecule has 0 spiro atoms. The summed E-state index contributed by atoms with van der Waals surface area (Å²) >= 11 is 0. The van der Waals surface area contributed by atoms with Gasteiger partial charge in [0, 0.05) is 58.2 Å². The fraction of sp³-hybridized carbons (Fsp3) is 0.486. The average Bonchev–Trinajstić information content (AvgIpc) is 3.94. The zero-order valence-corrected chi connectivity index (χ0v) is 27.6. The van der Waals surface area contributed by atoms with Gasteiger partial charge >= 0.3 is 6.18 Å². The Morgan fingerprint density at radius 3 is 2.31 bits per heavy atom. The number of halogens is 4. The molecule has 1 saturated heterocycles. The number of piperidine rings is 1. The van der Waals surface area contributed by atoms with Crippen LogP contribution in [-0.2, 0) is 33.5 Å². The van der Waals surface area contributed by atoms with Gasteiger partial charge in [-0.3, -0.25) is 9.59 Å². The Hall–Kier alpha value is -4.46. The minimum absolute atomic E-state index is 0.0923. The largest absolute Gasteiger partial charge is 0.433 e. The minimum atomic E-state index is -4.59. The Morgan fingerprint density at radius 1 is 1.02 bits per heavy atom. The van der Waals surface area contributed by atoms with E-state index in [2.05, 4.69) is 24.8 Å². The molecule has 2 amide bonds. The number of nitrogens with two attached hydrogens (primary N) is 2. The number of alkyl halides is 3. The van der Waals surface area contributed by atoms with Crippen LogP contribution in [0.1, 0.15) is 91.1 Å². The molecule has 1 aromatic carbocycles. The number of ether oxygens (including phenoxy) is 1. The smallest absolute Gasteiger partial charge is 0.383 e. The van der Waals surface area contributed by atoms with Crippen molar-refractivity contribution >= 4 is 23.3 Å². The zero-order valence-electron chi connectivity index (χ0n) is 27.6. The zero-order chi connectivity index (χ0) is 35.2. The van der Waals surface area contributed by atoms with Crippen LogP contribution < -0.4 is 16.4 Å². The molecule has 2 aliphatic carbocycles. The normalized spacial score (nSPS) is 20.1. The van der Waals surface area contributed by atoms with E-state index in [1.807, 2.05) is 13.0 Å². The molecule has 4 N–H and O–H groups in total. The highest BCUT2D eigenvalue weighted by Gasteiger charge is 2.37. The molecule has 10 nitrogen and oxygen atoms in total. The number of hydrogen-bond donors (Lipinski definition) is 2. The highest BCUT2D eigenvalue weighted by molar-refractivity contribution is 6.05. The van der Waals surface area contributed by atoms with Gasteiger partial charge in [-0.05, 0) is 89.1 Å². The molecule has 1 aliphatic heterocycles. The molecule has 2 atom stereocenters. The molecule has 3 aliphatic rings. The molecule has 0 bridgehead atoms. The van der Waals surface area contributed by atoms with Gasteiger partial charge in [-0.2, -0.15) is 18.2 Å². The van der Waals surface area contributed by atoms with E-state index < -0.39 is 35.4 Å². The second-order valence-corrected chi connectivity index (χ2v) is 13.3. The third-order valence-electron chi connectivity index (χ3n) is 9.32. The summed E-state index contributed by atoms with van der Waals surface area (Å²) in [7, 11) is 0. The molecule has 1 unspecified atom stereocenters. The number of pyridine rings is 1. The first-order valence-electron chi connectivity index (χ1n) is 16.5. The highest BCUT2D eigenvalue weighted by atomic mass is 19.4. The lowest BCUT2D eigenvalue weighted by molar-refractivity contribution is -0.141. The maximum absolute atomic E-state index is 16.0. The number of nitrogens with zero attached hydrogens (tertiary/aromatic N) is 5. The van der Waals surface area contributed by atoms with E-state index in [0.717, 1.165) is 18.9 Å². The van der Waals surface area contributed by atoms with Crippen LogP contribution in [0.15, 0.2) is 29.3 Å². The number of hydrogen-bond acceptors (Lipinski definition) is 7. The first-order valence-corrected chi connectivity index (χ1v) is 16.5. The van der Waals surface area contributed by atoms with E-state index in [-0.39, 0.29) is 48.2 Å². The van der Waals surface area contributed by atoms with Gasteiger partial charge in [0.25, 0.3) is 5.91 Å². The predicted molar refractivity (Wildman–Crippen MR) is 174 cm³/mol. The van der Waals surface area contributed by atoms with Crippen LogP contribution in [0, 0.1) is 25.6 Å². The molecule has 260 valence electrons. The number of primary amides is 1. The lowest BCUT2D eigenvalue weighted by atomic mass is 9.89. The van der Waals surface area contributed by atoms with Gasteiger partial charge in [-0.15, -0.1) is 0 Å². The summed E-state index contributed by atoms with van der Waals surface area (Å²) in [6.45, 7) is 6.00. The summed E-state index contributed by atoms with van der Waals surface area (Å²) in [5.74, 6) is -1.94. The lowest BCUT2D eigenvalue weighted by Gasteiger charge is -2.39. The minimum Gasteiger partial charge on any atom is -0.383 e. The molecular weight excluding hydrogens is 642 g/mol. The van der Waals surface area contributed by atoms with E-state index in [4.69, 9.17) is 16.2 Å². The number of benzene rings is 1. The Balaban J connectivity index is 1.25. The fourth-order valence-corrected chi connectivity index (χ4v) is 6.58. The standard InChI is InChI=1S/C35H39F4N7O3/c1-17-12-21(34(48)45-33(41)24-8-9-28(35(37,38)39)44-32(24)20-4-5-20)10-11-46(17)27-14-22(13-26(36)25(27)16-49-23-6-7-23)31-18(2)42-30(15-29(40)47)43-19(31)3/h8-9,13-14,17,20-21,23H,4-7,10-12,15-16H2,1-3H3,(H2,40,47)(H2,41,45,48)/t17?,21-/m0/s1. The summed E-state index contributed by atoms with van der Waals surface area (Å²) < 4.78 is 61.9. The van der Waals surface area contributed by atoms with E-state index >= 15 is 4.39 Å². The van der Waals surface area contributed by atoms with Gasteiger partial charge in [0.05, 0.1) is 24.8 Å². The van der Waals surface area contributed by atoms with Gasteiger partial charge in [0.15, 0.2) is 0 Å². The molecule has 49 heavy (non-hydrogen) atoms. The highest BCUT2D eigenvalue weighted by Crippen LogP contribution is 2.42. The van der Waals surface area contributed by atoms with Crippen molar-refractivity contribution in [3.63, 3.8) is 0 Å². The summed E-state index contributed by atoms with van der Waals surface area (Å²) in [6, 6.07) is 5.24. The topological polar surface area (TPSA) is 150 Å². The summed E-state index contributed by atoms with van der Waals surface area (Å²) in [5.41, 5.74) is 14.5. The second kappa shape index (κ2) is 13.4. The van der Waals surface area contributed by atoms with Crippen LogP contribution in [0.5, 0.6) is 0 Å². The molecule has 3 fully saturated rings. The molecule has 2 aromatic heterocycles. The quantitative estimate of drug-likeness (QED) is 0.163. The molecular formula is C35H39F4N7O3. The van der Waals surface area contributed by atoms with Crippen molar-refractivity contribution < 1.29 is 31.9 Å². The van der Waals surface area contributed by atoms with Crippen LogP contribution in [0.4, 0.5) is 23.2 Å². The van der Waals surface area contributed by atoms with Crippen LogP contribution in [-0.4, -0.2) is 51.3 Å². The molecule has 14 heteroatoms. The monoisotopic (exact) mass is 681 g/mol. The summed E-state index contributed by atoms with van der Waals surface area (Å²) in [5, 5.41) is 0. The van der Waals surface area contributed by atoms with Gasteiger partial charge < -0.3 is 21.1 Å². The van der Waals surface area contributed by atoms with Gasteiger partial charge in [-0.1, -0.05) is 0 Å². The maximum atomic E-state index is 16.0. The Morgan fingerprint density at radius 2 is 1.71 bits per heavy atom. The lowest BCUT2D eigenvalue weighted by Crippen LogP contribution is -2.43. The number of amidine groups is 1. The summed E-state index contributed by atoms with van der Waals surface area (Å²) in [6.07, 6.45) is -0.548. The van der Waals surface area contributed by atoms with Crippen molar-refractivity contribution in [3.8, 4) is 11.1 Å². The Labute approximate surface area is 281 Å². The molecule has 2 saturated carbocycles. The number of carbonyl (C=O) groups is 2. The Kier molecular flexibility index (Phi) is 9.44. The van der Waals surface area contributed by atoms with E-state index in [1.54, 1.807) is 13.8 Å². The van der Waals surface area contributed by atoms with Crippen LogP contribution >= 0.6 is 0 Å². The van der Waals surface area contributed by atoms with Gasteiger partial charge in [-0.25, -0.2) is 19.3 Å². The van der Waals surface area contributed by atoms with Crippen molar-refractivity contribution in [3.05, 3.63) is 69.8 Å². The second-order valence-electron chi connectivity index (χ2n) is 13.3. The van der Waals surface area contributed by atoms with Crippen LogP contribution in [0.25, 0.3) is 11.1 Å². The van der Waals surface area contributed by atoms with Crippen molar-refractivity contribution in [2.75, 3.05) is 11.4 Å². The first-order chi connectivity index (χ1) is 23.2. The number of rotatable bonds is 10.